The Morgan fingerprint density at radius 3 is 2.42 bits per heavy atom. The molecule has 3 aromatic rings. The van der Waals surface area contributed by atoms with Gasteiger partial charge in [-0.2, -0.15) is 5.10 Å². The first-order chi connectivity index (χ1) is 17.4. The first-order valence-electron chi connectivity index (χ1n) is 11.3. The van der Waals surface area contributed by atoms with Gasteiger partial charge in [0.15, 0.2) is 6.61 Å². The van der Waals surface area contributed by atoms with Crippen molar-refractivity contribution in [2.45, 2.75) is 13.3 Å². The maximum Gasteiger partial charge on any atom is 0.329 e. The zero-order chi connectivity index (χ0) is 25.8. The molecule has 0 unspecified atom stereocenters. The molecule has 0 fully saturated rings. The van der Waals surface area contributed by atoms with Gasteiger partial charge >= 0.3 is 11.8 Å². The van der Waals surface area contributed by atoms with Gasteiger partial charge in [-0.3, -0.25) is 14.4 Å². The van der Waals surface area contributed by atoms with E-state index in [1.807, 2.05) is 43.3 Å². The number of carbonyl (C=O) groups is 3. The lowest BCUT2D eigenvalue weighted by Gasteiger charge is -2.10. The Hall–Kier alpha value is -4.66. The van der Waals surface area contributed by atoms with E-state index in [4.69, 9.17) is 9.47 Å². The van der Waals surface area contributed by atoms with E-state index in [0.29, 0.717) is 29.3 Å². The predicted octanol–water partition coefficient (Wildman–Crippen LogP) is 2.83. The minimum absolute atomic E-state index is 0.0981. The number of anilines is 1. The summed E-state index contributed by atoms with van der Waals surface area (Å²) in [7, 11) is 1.48. The number of ether oxygens (including phenoxy) is 2. The van der Waals surface area contributed by atoms with Gasteiger partial charge in [-0.15, -0.1) is 0 Å². The Balaban J connectivity index is 1.39. The van der Waals surface area contributed by atoms with Gasteiger partial charge in [-0.25, -0.2) is 5.43 Å². The van der Waals surface area contributed by atoms with Crippen molar-refractivity contribution < 1.29 is 23.9 Å². The number of amides is 3. The maximum absolute atomic E-state index is 12.1. The molecule has 0 aliphatic heterocycles. The van der Waals surface area contributed by atoms with Gasteiger partial charge in [0.1, 0.15) is 11.5 Å². The topological polar surface area (TPSA) is 118 Å². The van der Waals surface area contributed by atoms with E-state index in [-0.39, 0.29) is 12.5 Å². The van der Waals surface area contributed by atoms with Crippen LogP contribution in [0, 0.1) is 6.92 Å². The third kappa shape index (κ3) is 8.28. The van der Waals surface area contributed by atoms with Crippen molar-refractivity contribution in [1.29, 1.82) is 0 Å². The van der Waals surface area contributed by atoms with Crippen LogP contribution in [0.3, 0.4) is 0 Å². The van der Waals surface area contributed by atoms with Crippen molar-refractivity contribution in [3.63, 3.8) is 0 Å². The zero-order valence-corrected chi connectivity index (χ0v) is 20.1. The van der Waals surface area contributed by atoms with Crippen LogP contribution in [-0.4, -0.2) is 44.2 Å². The third-order valence-corrected chi connectivity index (χ3v) is 5.02. The molecule has 0 aliphatic carbocycles. The first kappa shape index (κ1) is 26.0. The minimum Gasteiger partial charge on any atom is -0.495 e. The molecule has 0 radical (unpaired) electrons. The predicted molar refractivity (Wildman–Crippen MR) is 137 cm³/mol. The number of carbonyl (C=O) groups excluding carboxylic acids is 3. The molecule has 0 spiro atoms. The van der Waals surface area contributed by atoms with Crippen LogP contribution < -0.4 is 25.5 Å². The minimum atomic E-state index is -0.923. The highest BCUT2D eigenvalue weighted by Gasteiger charge is 2.15. The number of rotatable bonds is 10. The molecular formula is C27H28N4O5. The molecule has 0 atom stereocenters. The monoisotopic (exact) mass is 488 g/mol. The largest absolute Gasteiger partial charge is 0.495 e. The van der Waals surface area contributed by atoms with Gasteiger partial charge in [0.25, 0.3) is 5.91 Å². The molecule has 3 amide bonds. The summed E-state index contributed by atoms with van der Waals surface area (Å²) in [4.78, 5) is 36.2. The summed E-state index contributed by atoms with van der Waals surface area (Å²) in [6.07, 6.45) is 2.14. The number of hydrazone groups is 1. The number of nitrogens with one attached hydrogen (secondary N) is 3. The molecule has 0 heterocycles. The van der Waals surface area contributed by atoms with E-state index in [0.717, 1.165) is 17.5 Å². The SMILES string of the molecule is COc1ccc(C)cc1NC(=O)C(=O)N/N=C\c1ccc(OCC(=O)NCCc2ccccc2)cc1. The van der Waals surface area contributed by atoms with E-state index < -0.39 is 11.8 Å². The average Bonchev–Trinajstić information content (AvgIpc) is 2.89. The fourth-order valence-electron chi connectivity index (χ4n) is 3.16. The number of methoxy groups -OCH3 is 1. The summed E-state index contributed by atoms with van der Waals surface area (Å²) < 4.78 is 10.7. The molecule has 0 bridgehead atoms. The number of nitrogens with zero attached hydrogens (tertiary/aromatic N) is 1. The van der Waals surface area contributed by atoms with Gasteiger partial charge in [0, 0.05) is 6.54 Å². The first-order valence-corrected chi connectivity index (χ1v) is 11.3. The van der Waals surface area contributed by atoms with Crippen LogP contribution in [0.2, 0.25) is 0 Å². The van der Waals surface area contributed by atoms with Crippen LogP contribution in [0.15, 0.2) is 77.9 Å². The summed E-state index contributed by atoms with van der Waals surface area (Å²) in [5.41, 5.74) is 5.29. The molecule has 3 aromatic carbocycles. The second-order valence-electron chi connectivity index (χ2n) is 7.80. The van der Waals surface area contributed by atoms with E-state index in [1.165, 1.54) is 13.3 Å². The van der Waals surface area contributed by atoms with E-state index in [9.17, 15) is 14.4 Å². The van der Waals surface area contributed by atoms with Crippen LogP contribution in [0.4, 0.5) is 5.69 Å². The summed E-state index contributed by atoms with van der Waals surface area (Å²) >= 11 is 0. The Labute approximate surface area is 209 Å². The highest BCUT2D eigenvalue weighted by Crippen LogP contribution is 2.25. The molecule has 3 rings (SSSR count). The molecular weight excluding hydrogens is 460 g/mol. The second-order valence-corrected chi connectivity index (χ2v) is 7.80. The molecule has 0 aliphatic rings. The highest BCUT2D eigenvalue weighted by molar-refractivity contribution is 6.39. The Bertz CT molecular complexity index is 1210. The van der Waals surface area contributed by atoms with Gasteiger partial charge < -0.3 is 20.1 Å². The van der Waals surface area contributed by atoms with Crippen LogP contribution >= 0.6 is 0 Å². The lowest BCUT2D eigenvalue weighted by molar-refractivity contribution is -0.136. The molecule has 0 aromatic heterocycles. The Morgan fingerprint density at radius 2 is 1.69 bits per heavy atom. The third-order valence-electron chi connectivity index (χ3n) is 5.02. The molecule has 9 nitrogen and oxygen atoms in total. The lowest BCUT2D eigenvalue weighted by Crippen LogP contribution is -2.32. The summed E-state index contributed by atoms with van der Waals surface area (Å²) in [6, 6.07) is 21.9. The fourth-order valence-corrected chi connectivity index (χ4v) is 3.16. The van der Waals surface area contributed by atoms with E-state index in [2.05, 4.69) is 21.2 Å². The number of hydrogen-bond donors (Lipinski definition) is 3. The van der Waals surface area contributed by atoms with Gasteiger partial charge in [0.2, 0.25) is 0 Å². The summed E-state index contributed by atoms with van der Waals surface area (Å²) in [5.74, 6) is -1.05. The van der Waals surface area contributed by atoms with Crippen molar-refractivity contribution in [1.82, 2.24) is 10.7 Å². The molecule has 9 heteroatoms. The van der Waals surface area contributed by atoms with Gasteiger partial charge in [-0.1, -0.05) is 36.4 Å². The normalized spacial score (nSPS) is 10.5. The van der Waals surface area contributed by atoms with Gasteiger partial charge in [0.05, 0.1) is 19.0 Å². The van der Waals surface area contributed by atoms with Crippen molar-refractivity contribution in [2.24, 2.45) is 5.10 Å². The molecule has 186 valence electrons. The molecule has 0 saturated carbocycles. The summed E-state index contributed by atoms with van der Waals surface area (Å²) in [5, 5.41) is 9.13. The Kier molecular flexibility index (Phi) is 9.58. The van der Waals surface area contributed by atoms with Gasteiger partial charge in [-0.05, 0) is 66.4 Å². The molecule has 36 heavy (non-hydrogen) atoms. The molecule has 0 saturated heterocycles. The lowest BCUT2D eigenvalue weighted by atomic mass is 10.1. The Morgan fingerprint density at radius 1 is 0.944 bits per heavy atom. The van der Waals surface area contributed by atoms with Crippen molar-refractivity contribution in [2.75, 3.05) is 25.6 Å². The number of benzene rings is 3. The second kappa shape index (κ2) is 13.3. The fraction of sp³-hybridized carbons (Fsp3) is 0.185. The number of aryl methyl sites for hydroxylation is 1. The van der Waals surface area contributed by atoms with E-state index >= 15 is 0 Å². The van der Waals surface area contributed by atoms with Crippen LogP contribution in [0.1, 0.15) is 16.7 Å². The van der Waals surface area contributed by atoms with E-state index in [1.54, 1.807) is 36.4 Å². The quantitative estimate of drug-likeness (QED) is 0.230. The summed E-state index contributed by atoms with van der Waals surface area (Å²) in [6.45, 7) is 2.29. The van der Waals surface area contributed by atoms with Crippen molar-refractivity contribution in [3.8, 4) is 11.5 Å². The van der Waals surface area contributed by atoms with Crippen molar-refractivity contribution >= 4 is 29.6 Å². The van der Waals surface area contributed by atoms with Crippen LogP contribution in [0.5, 0.6) is 11.5 Å². The van der Waals surface area contributed by atoms with Crippen LogP contribution in [-0.2, 0) is 20.8 Å². The maximum atomic E-state index is 12.1. The standard InChI is InChI=1S/C27H28N4O5/c1-19-8-13-24(35-2)23(16-19)30-26(33)27(34)31-29-17-21-9-11-22(12-10-21)36-18-25(32)28-15-14-20-6-4-3-5-7-20/h3-13,16-17H,14-15,18H2,1-2H3,(H,28,32)(H,30,33)(H,31,34)/b29-17-. The zero-order valence-electron chi connectivity index (χ0n) is 20.1. The number of hydrogen-bond acceptors (Lipinski definition) is 6. The molecule has 3 N–H and O–H groups in total. The van der Waals surface area contributed by atoms with Crippen molar-refractivity contribution in [3.05, 3.63) is 89.5 Å². The average molecular weight is 489 g/mol. The smallest absolute Gasteiger partial charge is 0.329 e. The van der Waals surface area contributed by atoms with Crippen LogP contribution in [0.25, 0.3) is 0 Å². The highest BCUT2D eigenvalue weighted by atomic mass is 16.5.